The minimum Gasteiger partial charge on any atom is -0.454 e. The first-order valence-corrected chi connectivity index (χ1v) is 11.3. The lowest BCUT2D eigenvalue weighted by Crippen LogP contribution is -2.44. The number of hydrogen-bond donors (Lipinski definition) is 3. The summed E-state index contributed by atoms with van der Waals surface area (Å²) < 4.78 is 22.0. The standard InChI is InChI=1S/C23H36N4O5.HI/c1-5-24-20(25-10-11-26-21(28)32-22(2,3)4)27-15-23(8-12-29-13-9-23)17-6-7-18-19(14-17)31-16-30-18;/h6-7,14H,5,8-13,15-16H2,1-4H3,(H,26,28)(H2,24,25,27);1H. The zero-order chi connectivity index (χ0) is 23.0. The molecule has 3 rings (SSSR count). The summed E-state index contributed by atoms with van der Waals surface area (Å²) in [6.45, 7) is 11.5. The van der Waals surface area contributed by atoms with E-state index in [0.29, 0.717) is 38.8 Å². The molecule has 1 aromatic rings. The molecule has 9 nitrogen and oxygen atoms in total. The fraction of sp³-hybridized carbons (Fsp3) is 0.652. The molecule has 186 valence electrons. The van der Waals surface area contributed by atoms with Crippen molar-refractivity contribution in [2.45, 2.75) is 51.6 Å². The van der Waals surface area contributed by atoms with Crippen LogP contribution in [0.25, 0.3) is 0 Å². The SMILES string of the molecule is CCNC(=NCC1(c2ccc3c(c2)OCO3)CCOCC1)NCCNC(=O)OC(C)(C)C.I. The Hall–Kier alpha value is -1.95. The molecule has 0 aromatic heterocycles. The van der Waals surface area contributed by atoms with Crippen LogP contribution in [0.4, 0.5) is 4.79 Å². The van der Waals surface area contributed by atoms with Gasteiger partial charge in [-0.1, -0.05) is 6.07 Å². The lowest BCUT2D eigenvalue weighted by Gasteiger charge is -2.36. The lowest BCUT2D eigenvalue weighted by molar-refractivity contribution is 0.0527. The average molecular weight is 576 g/mol. The summed E-state index contributed by atoms with van der Waals surface area (Å²) in [5.41, 5.74) is 0.549. The number of carbonyl (C=O) groups is 1. The zero-order valence-electron chi connectivity index (χ0n) is 20.0. The number of carbonyl (C=O) groups excluding carboxylic acids is 1. The first kappa shape index (κ1) is 27.3. The summed E-state index contributed by atoms with van der Waals surface area (Å²) in [6, 6.07) is 6.16. The highest BCUT2D eigenvalue weighted by atomic mass is 127. The monoisotopic (exact) mass is 576 g/mol. The second-order valence-electron chi connectivity index (χ2n) is 9.01. The van der Waals surface area contributed by atoms with E-state index in [1.54, 1.807) is 0 Å². The van der Waals surface area contributed by atoms with Crippen molar-refractivity contribution in [2.75, 3.05) is 46.2 Å². The highest BCUT2D eigenvalue weighted by Gasteiger charge is 2.35. The van der Waals surface area contributed by atoms with Gasteiger partial charge in [0.15, 0.2) is 17.5 Å². The van der Waals surface area contributed by atoms with Crippen LogP contribution in [0.5, 0.6) is 11.5 Å². The number of alkyl carbamates (subject to hydrolysis) is 1. The van der Waals surface area contributed by atoms with Gasteiger partial charge in [-0.15, -0.1) is 24.0 Å². The van der Waals surface area contributed by atoms with Gasteiger partial charge in [-0.25, -0.2) is 4.79 Å². The second kappa shape index (κ2) is 12.5. The summed E-state index contributed by atoms with van der Waals surface area (Å²) in [7, 11) is 0. The van der Waals surface area contributed by atoms with Gasteiger partial charge in [-0.3, -0.25) is 4.99 Å². The molecule has 2 aliphatic heterocycles. The van der Waals surface area contributed by atoms with Crippen molar-refractivity contribution in [3.63, 3.8) is 0 Å². The zero-order valence-corrected chi connectivity index (χ0v) is 22.3. The number of hydrogen-bond acceptors (Lipinski definition) is 6. The molecule has 1 aromatic carbocycles. The molecular weight excluding hydrogens is 539 g/mol. The van der Waals surface area contributed by atoms with E-state index in [1.807, 2.05) is 33.8 Å². The summed E-state index contributed by atoms with van der Waals surface area (Å²) in [6.07, 6.45) is 1.34. The number of halogens is 1. The predicted octanol–water partition coefficient (Wildman–Crippen LogP) is 3.16. The molecule has 0 aliphatic carbocycles. The van der Waals surface area contributed by atoms with Gasteiger partial charge in [-0.05, 0) is 58.2 Å². The maximum atomic E-state index is 11.8. The van der Waals surface area contributed by atoms with Crippen LogP contribution in [0, 0.1) is 0 Å². The van der Waals surface area contributed by atoms with Gasteiger partial charge < -0.3 is 34.9 Å². The molecule has 3 N–H and O–H groups in total. The van der Waals surface area contributed by atoms with Gasteiger partial charge in [0.05, 0.1) is 6.54 Å². The Morgan fingerprint density at radius 1 is 1.09 bits per heavy atom. The van der Waals surface area contributed by atoms with E-state index in [9.17, 15) is 4.79 Å². The van der Waals surface area contributed by atoms with Crippen LogP contribution in [-0.2, 0) is 14.9 Å². The number of nitrogens with zero attached hydrogens (tertiary/aromatic N) is 1. The van der Waals surface area contributed by atoms with Gasteiger partial charge >= 0.3 is 6.09 Å². The number of guanidine groups is 1. The van der Waals surface area contributed by atoms with Crippen LogP contribution < -0.4 is 25.4 Å². The highest BCUT2D eigenvalue weighted by molar-refractivity contribution is 14.0. The summed E-state index contributed by atoms with van der Waals surface area (Å²) >= 11 is 0. The minimum atomic E-state index is -0.513. The molecule has 1 fully saturated rings. The Bertz CT molecular complexity index is 807. The summed E-state index contributed by atoms with van der Waals surface area (Å²) in [5, 5.41) is 9.31. The van der Waals surface area contributed by atoms with Gasteiger partial charge in [-0.2, -0.15) is 0 Å². The van der Waals surface area contributed by atoms with Crippen LogP contribution >= 0.6 is 24.0 Å². The number of benzene rings is 1. The Balaban J connectivity index is 0.00000385. The maximum Gasteiger partial charge on any atom is 0.407 e. The molecule has 0 atom stereocenters. The van der Waals surface area contributed by atoms with E-state index < -0.39 is 11.7 Å². The van der Waals surface area contributed by atoms with Crippen molar-refractivity contribution in [3.05, 3.63) is 23.8 Å². The first-order valence-electron chi connectivity index (χ1n) is 11.3. The minimum absolute atomic E-state index is 0. The molecule has 0 saturated carbocycles. The first-order chi connectivity index (χ1) is 15.3. The van der Waals surface area contributed by atoms with Gasteiger partial charge in [0.25, 0.3) is 0 Å². The number of amides is 1. The van der Waals surface area contributed by atoms with Crippen molar-refractivity contribution in [2.24, 2.45) is 4.99 Å². The normalized spacial score (nSPS) is 17.0. The van der Waals surface area contributed by atoms with Crippen molar-refractivity contribution >= 4 is 36.0 Å². The third-order valence-electron chi connectivity index (χ3n) is 5.40. The molecule has 33 heavy (non-hydrogen) atoms. The van der Waals surface area contributed by atoms with Crippen LogP contribution in [0.15, 0.2) is 23.2 Å². The Morgan fingerprint density at radius 3 is 2.48 bits per heavy atom. The van der Waals surface area contributed by atoms with Crippen LogP contribution in [0.1, 0.15) is 46.1 Å². The number of ether oxygens (including phenoxy) is 4. The molecule has 0 spiro atoms. The maximum absolute atomic E-state index is 11.8. The van der Waals surface area contributed by atoms with Crippen LogP contribution in [0.2, 0.25) is 0 Å². The van der Waals surface area contributed by atoms with E-state index in [2.05, 4.69) is 28.1 Å². The van der Waals surface area contributed by atoms with E-state index in [4.69, 9.17) is 23.9 Å². The quantitative estimate of drug-likeness (QED) is 0.199. The highest BCUT2D eigenvalue weighted by Crippen LogP contribution is 2.41. The lowest BCUT2D eigenvalue weighted by atomic mass is 9.74. The van der Waals surface area contributed by atoms with E-state index >= 15 is 0 Å². The third-order valence-corrected chi connectivity index (χ3v) is 5.40. The van der Waals surface area contributed by atoms with Crippen molar-refractivity contribution < 1.29 is 23.7 Å². The molecule has 1 amide bonds. The predicted molar refractivity (Wildman–Crippen MR) is 138 cm³/mol. The van der Waals surface area contributed by atoms with Gasteiger partial charge in [0.2, 0.25) is 6.79 Å². The molecule has 2 heterocycles. The smallest absolute Gasteiger partial charge is 0.407 e. The number of nitrogens with one attached hydrogen (secondary N) is 3. The topological polar surface area (TPSA) is 102 Å². The summed E-state index contributed by atoms with van der Waals surface area (Å²) in [4.78, 5) is 16.7. The molecule has 1 saturated heterocycles. The molecular formula is C23H37IN4O5. The Labute approximate surface area is 213 Å². The van der Waals surface area contributed by atoms with Crippen molar-refractivity contribution in [1.29, 1.82) is 0 Å². The fourth-order valence-corrected chi connectivity index (χ4v) is 3.76. The van der Waals surface area contributed by atoms with Crippen LogP contribution in [-0.4, -0.2) is 63.8 Å². The largest absolute Gasteiger partial charge is 0.454 e. The second-order valence-corrected chi connectivity index (χ2v) is 9.01. The van der Waals surface area contributed by atoms with E-state index in [0.717, 1.165) is 30.9 Å². The van der Waals surface area contributed by atoms with Crippen molar-refractivity contribution in [3.8, 4) is 11.5 Å². The summed E-state index contributed by atoms with van der Waals surface area (Å²) in [5.74, 6) is 2.28. The van der Waals surface area contributed by atoms with Crippen molar-refractivity contribution in [1.82, 2.24) is 16.0 Å². The molecule has 10 heteroatoms. The number of aliphatic imine (C=N–C) groups is 1. The average Bonchev–Trinajstić information content (AvgIpc) is 3.22. The van der Waals surface area contributed by atoms with Gasteiger partial charge in [0.1, 0.15) is 5.60 Å². The third kappa shape index (κ3) is 8.09. The molecule has 0 bridgehead atoms. The molecule has 0 unspecified atom stereocenters. The van der Waals surface area contributed by atoms with Gasteiger partial charge in [0, 0.05) is 38.3 Å². The fourth-order valence-electron chi connectivity index (χ4n) is 3.76. The number of rotatable bonds is 7. The van der Waals surface area contributed by atoms with E-state index in [-0.39, 0.29) is 36.2 Å². The van der Waals surface area contributed by atoms with Crippen LogP contribution in [0.3, 0.4) is 0 Å². The van der Waals surface area contributed by atoms with E-state index in [1.165, 1.54) is 5.56 Å². The Morgan fingerprint density at radius 2 is 1.79 bits per heavy atom. The number of fused-ring (bicyclic) bond motifs is 1. The molecule has 2 aliphatic rings. The Kier molecular flexibility index (Phi) is 10.3. The molecule has 0 radical (unpaired) electrons.